The van der Waals surface area contributed by atoms with Gasteiger partial charge in [0.1, 0.15) is 0 Å². The van der Waals surface area contributed by atoms with Gasteiger partial charge in [0.05, 0.1) is 17.4 Å². The number of hydrogen-bond donors (Lipinski definition) is 4. The van der Waals surface area contributed by atoms with Gasteiger partial charge in [0, 0.05) is 18.5 Å². The van der Waals surface area contributed by atoms with E-state index in [0.717, 1.165) is 16.9 Å². The summed E-state index contributed by atoms with van der Waals surface area (Å²) in [4.78, 5) is 0. The number of benzene rings is 1. The van der Waals surface area contributed by atoms with Crippen LogP contribution in [0.1, 0.15) is 46.2 Å². The molecule has 1 heterocycles. The standard InChI is InChI=1S/C22H33N5O5S3/c1-7-27(8-2)34(29,30)21-18(28)17(14-33-21)24-15(3)20(26-35(23,31)32)25-19(22(4,5)6)16-12-10-9-11-13-16/h9-14,19,24,28H,3,7-8H2,1-2,4-6H3,(H,25,26)(H2,23,31,32)/t19-/m0/s1. The minimum Gasteiger partial charge on any atom is -0.504 e. The Hall–Kier alpha value is -2.45. The van der Waals surface area contributed by atoms with Crippen LogP contribution in [0.25, 0.3) is 0 Å². The predicted molar refractivity (Wildman–Crippen MR) is 141 cm³/mol. The molecule has 2 aromatic rings. The summed E-state index contributed by atoms with van der Waals surface area (Å²) in [5, 5.41) is 23.1. The van der Waals surface area contributed by atoms with Crippen molar-refractivity contribution < 1.29 is 21.9 Å². The zero-order valence-electron chi connectivity index (χ0n) is 20.4. The van der Waals surface area contributed by atoms with E-state index in [-0.39, 0.29) is 39.9 Å². The molecule has 194 valence electrons. The van der Waals surface area contributed by atoms with Crippen LogP contribution >= 0.6 is 11.3 Å². The Bertz CT molecular complexity index is 1280. The molecule has 0 amide bonds. The molecule has 10 nitrogen and oxygen atoms in total. The number of nitrogens with one attached hydrogen (secondary N) is 2. The van der Waals surface area contributed by atoms with Crippen LogP contribution in [0.2, 0.25) is 0 Å². The van der Waals surface area contributed by atoms with Crippen LogP contribution in [0, 0.1) is 5.41 Å². The van der Waals surface area contributed by atoms with Gasteiger partial charge >= 0.3 is 10.2 Å². The van der Waals surface area contributed by atoms with E-state index in [9.17, 15) is 21.9 Å². The Morgan fingerprint density at radius 2 is 1.74 bits per heavy atom. The number of amidine groups is 1. The number of nitrogens with two attached hydrogens (primary N) is 1. The van der Waals surface area contributed by atoms with Gasteiger partial charge in [0.2, 0.25) is 0 Å². The van der Waals surface area contributed by atoms with Crippen molar-refractivity contribution in [3.05, 3.63) is 53.6 Å². The molecule has 0 aliphatic rings. The lowest BCUT2D eigenvalue weighted by atomic mass is 9.82. The highest BCUT2D eigenvalue weighted by atomic mass is 32.2. The first-order valence-electron chi connectivity index (χ1n) is 10.8. The SMILES string of the molecule is C=C(Nc1csc(S(=O)(=O)N(CC)CC)c1O)/C(=N\S(N)(=O)=O)N[C@@H](c1ccccc1)C(C)(C)C. The smallest absolute Gasteiger partial charge is 0.319 e. The minimum absolute atomic E-state index is 0.0240. The van der Waals surface area contributed by atoms with Crippen molar-refractivity contribution in [3.63, 3.8) is 0 Å². The molecular weight excluding hydrogens is 510 g/mol. The maximum absolute atomic E-state index is 12.8. The maximum Gasteiger partial charge on any atom is 0.319 e. The second kappa shape index (κ2) is 11.1. The molecule has 0 saturated heterocycles. The van der Waals surface area contributed by atoms with E-state index in [2.05, 4.69) is 21.6 Å². The number of anilines is 1. The van der Waals surface area contributed by atoms with E-state index in [1.54, 1.807) is 13.8 Å². The largest absolute Gasteiger partial charge is 0.504 e. The van der Waals surface area contributed by atoms with E-state index >= 15 is 0 Å². The van der Waals surface area contributed by atoms with E-state index < -0.39 is 32.0 Å². The minimum atomic E-state index is -4.32. The molecule has 1 aromatic carbocycles. The summed E-state index contributed by atoms with van der Waals surface area (Å²) in [7, 11) is -8.22. The predicted octanol–water partition coefficient (Wildman–Crippen LogP) is 3.39. The third-order valence-corrected chi connectivity index (χ3v) is 9.06. The van der Waals surface area contributed by atoms with Crippen molar-refractivity contribution in [3.8, 4) is 5.75 Å². The van der Waals surface area contributed by atoms with Crippen molar-refractivity contribution in [2.45, 2.75) is 44.9 Å². The lowest BCUT2D eigenvalue weighted by Gasteiger charge is -2.33. The normalized spacial score (nSPS) is 14.1. The fourth-order valence-corrected chi connectivity index (χ4v) is 6.64. The molecule has 0 radical (unpaired) electrons. The van der Waals surface area contributed by atoms with Crippen LogP contribution in [0.3, 0.4) is 0 Å². The van der Waals surface area contributed by atoms with Crippen LogP contribution in [0.15, 0.2) is 56.6 Å². The van der Waals surface area contributed by atoms with E-state index in [1.165, 1.54) is 9.69 Å². The first-order chi connectivity index (χ1) is 16.1. The summed E-state index contributed by atoms with van der Waals surface area (Å²) < 4.78 is 54.0. The molecule has 1 aromatic heterocycles. The van der Waals surface area contributed by atoms with Crippen molar-refractivity contribution in [1.82, 2.24) is 9.62 Å². The molecule has 0 unspecified atom stereocenters. The first kappa shape index (κ1) is 28.8. The van der Waals surface area contributed by atoms with Gasteiger partial charge in [0.15, 0.2) is 15.8 Å². The summed E-state index contributed by atoms with van der Waals surface area (Å²) in [6, 6.07) is 8.98. The van der Waals surface area contributed by atoms with Crippen LogP contribution in [-0.2, 0) is 20.2 Å². The summed E-state index contributed by atoms with van der Waals surface area (Å²) in [6.45, 7) is 13.7. The highest BCUT2D eigenvalue weighted by molar-refractivity contribution is 7.91. The quantitative estimate of drug-likeness (QED) is 0.264. The molecule has 5 N–H and O–H groups in total. The molecule has 1 atom stereocenters. The summed E-state index contributed by atoms with van der Waals surface area (Å²) in [6.07, 6.45) is 0. The van der Waals surface area contributed by atoms with Crippen molar-refractivity contribution in [1.29, 1.82) is 0 Å². The van der Waals surface area contributed by atoms with Gasteiger partial charge in [-0.05, 0) is 11.0 Å². The summed E-state index contributed by atoms with van der Waals surface area (Å²) in [5.41, 5.74) is 0.516. The zero-order chi connectivity index (χ0) is 26.6. The van der Waals surface area contributed by atoms with Gasteiger partial charge in [-0.15, -0.1) is 15.7 Å². The molecule has 0 aliphatic carbocycles. The molecule has 0 fully saturated rings. The van der Waals surface area contributed by atoms with E-state index in [0.29, 0.717) is 0 Å². The third-order valence-electron chi connectivity index (χ3n) is 5.08. The van der Waals surface area contributed by atoms with Crippen molar-refractivity contribution in [2.75, 3.05) is 18.4 Å². The topological polar surface area (TPSA) is 154 Å². The van der Waals surface area contributed by atoms with Gasteiger partial charge in [-0.1, -0.05) is 71.5 Å². The number of hydrogen-bond acceptors (Lipinski definition) is 7. The van der Waals surface area contributed by atoms with Gasteiger partial charge in [-0.2, -0.15) is 12.7 Å². The molecule has 0 spiro atoms. The number of aromatic hydroxyl groups is 1. The Kier molecular flexibility index (Phi) is 9.11. The van der Waals surface area contributed by atoms with Gasteiger partial charge in [-0.3, -0.25) is 0 Å². The number of nitrogens with zero attached hydrogens (tertiary/aromatic N) is 2. The molecule has 2 rings (SSSR count). The van der Waals surface area contributed by atoms with Gasteiger partial charge in [-0.25, -0.2) is 13.6 Å². The fourth-order valence-electron chi connectivity index (χ4n) is 3.39. The monoisotopic (exact) mass is 543 g/mol. The lowest BCUT2D eigenvalue weighted by Crippen LogP contribution is -2.39. The third kappa shape index (κ3) is 7.27. The van der Waals surface area contributed by atoms with Crippen LogP contribution in [0.4, 0.5) is 5.69 Å². The van der Waals surface area contributed by atoms with E-state index in [4.69, 9.17) is 5.14 Å². The molecule has 0 aliphatic heterocycles. The second-order valence-electron chi connectivity index (χ2n) is 8.79. The summed E-state index contributed by atoms with van der Waals surface area (Å²) in [5.74, 6) is -0.663. The highest BCUT2D eigenvalue weighted by Gasteiger charge is 2.31. The number of rotatable bonds is 10. The summed E-state index contributed by atoms with van der Waals surface area (Å²) >= 11 is 0.838. The van der Waals surface area contributed by atoms with Crippen LogP contribution in [0.5, 0.6) is 5.75 Å². The first-order valence-corrected chi connectivity index (χ1v) is 14.6. The van der Waals surface area contributed by atoms with Crippen LogP contribution in [-0.4, -0.2) is 45.2 Å². The number of sulfonamides is 1. The average molecular weight is 544 g/mol. The van der Waals surface area contributed by atoms with Crippen molar-refractivity contribution >= 4 is 43.1 Å². The maximum atomic E-state index is 12.8. The Labute approximate surface area is 211 Å². The van der Waals surface area contributed by atoms with E-state index in [1.807, 2.05) is 51.1 Å². The molecular formula is C22H33N5O5S3. The molecule has 0 bridgehead atoms. The molecule has 35 heavy (non-hydrogen) atoms. The highest BCUT2D eigenvalue weighted by Crippen LogP contribution is 2.40. The Morgan fingerprint density at radius 1 is 1.17 bits per heavy atom. The lowest BCUT2D eigenvalue weighted by molar-refractivity contribution is 0.302. The van der Waals surface area contributed by atoms with Crippen molar-refractivity contribution in [2.24, 2.45) is 15.0 Å². The fraction of sp³-hybridized carbons (Fsp3) is 0.409. The van der Waals surface area contributed by atoms with Gasteiger partial charge in [0.25, 0.3) is 10.0 Å². The Morgan fingerprint density at radius 3 is 2.23 bits per heavy atom. The molecule has 13 heteroatoms. The number of thiophene rings is 1. The van der Waals surface area contributed by atoms with Gasteiger partial charge < -0.3 is 15.7 Å². The Balaban J connectivity index is 2.45. The average Bonchev–Trinajstić information content (AvgIpc) is 3.11. The molecule has 0 saturated carbocycles. The zero-order valence-corrected chi connectivity index (χ0v) is 22.9. The van der Waals surface area contributed by atoms with Crippen LogP contribution < -0.4 is 15.8 Å². The second-order valence-corrected chi connectivity index (χ2v) is 13.0.